The molecule has 6 aromatic carbocycles. The minimum absolute atomic E-state index is 0.0730. The molecule has 0 fully saturated rings. The van der Waals surface area contributed by atoms with E-state index >= 15 is 0 Å². The minimum Gasteiger partial charge on any atom is -0.478 e. The van der Waals surface area contributed by atoms with Crippen LogP contribution in [0.3, 0.4) is 0 Å². The van der Waals surface area contributed by atoms with Gasteiger partial charge in [0.1, 0.15) is 23.0 Å². The average Bonchev–Trinajstić information content (AvgIpc) is 3.46. The molecule has 0 heterocycles. The molecule has 0 amide bonds. The molecule has 0 saturated carbocycles. The van der Waals surface area contributed by atoms with Crippen molar-refractivity contribution in [1.29, 1.82) is 0 Å². The lowest BCUT2D eigenvalue weighted by molar-refractivity contribution is 0.0651. The first kappa shape index (κ1) is 34.7. The summed E-state index contributed by atoms with van der Waals surface area (Å²) in [5.74, 6) is -6.01. The second-order valence-corrected chi connectivity index (χ2v) is 12.2. The Balaban J connectivity index is 1.35. The third-order valence-electron chi connectivity index (χ3n) is 9.24. The highest BCUT2D eigenvalue weighted by Gasteiger charge is 2.48. The molecule has 0 saturated heterocycles. The predicted octanol–water partition coefficient (Wildman–Crippen LogP) is 8.13. The van der Waals surface area contributed by atoms with Crippen LogP contribution in [0.2, 0.25) is 0 Å². The zero-order valence-electron chi connectivity index (χ0n) is 27.7. The smallest absolute Gasteiger partial charge is 0.336 e. The molecule has 12 nitrogen and oxygen atoms in total. The highest BCUT2D eigenvalue weighted by atomic mass is 16.5. The van der Waals surface area contributed by atoms with Crippen molar-refractivity contribution in [3.05, 3.63) is 177 Å². The highest BCUT2D eigenvalue weighted by molar-refractivity contribution is 6.03. The summed E-state index contributed by atoms with van der Waals surface area (Å²) in [5.41, 5.74) is 1.37. The Morgan fingerprint density at radius 2 is 0.796 bits per heavy atom. The number of carboxylic acids is 5. The Morgan fingerprint density at radius 1 is 0.389 bits per heavy atom. The Hall–Kier alpha value is -7.73. The Bertz CT molecular complexity index is 2410. The average molecular weight is 723 g/mol. The van der Waals surface area contributed by atoms with Crippen molar-refractivity contribution in [1.82, 2.24) is 0 Å². The van der Waals surface area contributed by atoms with E-state index in [-0.39, 0.29) is 17.1 Å². The molecule has 6 aromatic rings. The van der Waals surface area contributed by atoms with Crippen LogP contribution in [0.5, 0.6) is 23.0 Å². The van der Waals surface area contributed by atoms with Gasteiger partial charge in [-0.3, -0.25) is 0 Å². The summed E-state index contributed by atoms with van der Waals surface area (Å²) in [7, 11) is 0. The highest BCUT2D eigenvalue weighted by Crippen LogP contribution is 2.57. The maximum atomic E-state index is 12.9. The van der Waals surface area contributed by atoms with E-state index in [4.69, 9.17) is 9.47 Å². The van der Waals surface area contributed by atoms with Crippen molar-refractivity contribution in [2.24, 2.45) is 0 Å². The van der Waals surface area contributed by atoms with Gasteiger partial charge in [-0.1, -0.05) is 60.7 Å². The van der Waals surface area contributed by atoms with Gasteiger partial charge in [0, 0.05) is 0 Å². The largest absolute Gasteiger partial charge is 0.478 e. The number of ether oxygens (including phenoxy) is 2. The first-order chi connectivity index (χ1) is 25.9. The number of benzene rings is 6. The van der Waals surface area contributed by atoms with Crippen LogP contribution >= 0.6 is 0 Å². The van der Waals surface area contributed by atoms with Crippen molar-refractivity contribution in [2.45, 2.75) is 5.41 Å². The lowest BCUT2D eigenvalue weighted by Gasteiger charge is -2.34. The topological polar surface area (TPSA) is 205 Å². The molecule has 54 heavy (non-hydrogen) atoms. The van der Waals surface area contributed by atoms with Crippen LogP contribution in [-0.4, -0.2) is 55.4 Å². The molecule has 0 unspecified atom stereocenters. The van der Waals surface area contributed by atoms with Gasteiger partial charge in [-0.05, 0) is 100 Å². The molecular weight excluding hydrogens is 696 g/mol. The van der Waals surface area contributed by atoms with Gasteiger partial charge >= 0.3 is 29.8 Å². The molecule has 5 N–H and O–H groups in total. The maximum absolute atomic E-state index is 12.9. The van der Waals surface area contributed by atoms with Crippen LogP contribution in [-0.2, 0) is 5.41 Å². The van der Waals surface area contributed by atoms with Gasteiger partial charge in [0.15, 0.2) is 0 Å². The van der Waals surface area contributed by atoms with Crippen molar-refractivity contribution < 1.29 is 59.0 Å². The Morgan fingerprint density at radius 3 is 1.24 bits per heavy atom. The van der Waals surface area contributed by atoms with E-state index in [1.165, 1.54) is 12.1 Å². The minimum atomic E-state index is -1.43. The molecule has 0 aromatic heterocycles. The quantitative estimate of drug-likeness (QED) is 0.0858. The fraction of sp³-hybridized carbons (Fsp3) is 0.0238. The van der Waals surface area contributed by atoms with Crippen molar-refractivity contribution in [2.75, 3.05) is 0 Å². The number of hydrogen-bond donors (Lipinski definition) is 5. The van der Waals surface area contributed by atoms with E-state index in [1.54, 1.807) is 60.7 Å². The van der Waals surface area contributed by atoms with Gasteiger partial charge in [0.25, 0.3) is 0 Å². The summed E-state index contributed by atoms with van der Waals surface area (Å²) in [5, 5.41) is 48.4. The summed E-state index contributed by atoms with van der Waals surface area (Å²) in [6, 6.07) is 33.5. The van der Waals surface area contributed by atoms with Crippen LogP contribution in [0.25, 0.3) is 11.1 Å². The van der Waals surface area contributed by atoms with Crippen molar-refractivity contribution in [3.63, 3.8) is 0 Å². The van der Waals surface area contributed by atoms with Crippen LogP contribution in [0.15, 0.2) is 127 Å². The zero-order chi connectivity index (χ0) is 38.3. The van der Waals surface area contributed by atoms with E-state index in [1.807, 2.05) is 30.3 Å². The van der Waals surface area contributed by atoms with Crippen LogP contribution in [0, 0.1) is 0 Å². The molecule has 266 valence electrons. The molecule has 0 bridgehead atoms. The van der Waals surface area contributed by atoms with E-state index in [0.717, 1.165) is 35.4 Å². The first-order valence-electron chi connectivity index (χ1n) is 16.1. The second-order valence-electron chi connectivity index (χ2n) is 12.2. The fourth-order valence-corrected chi connectivity index (χ4v) is 7.02. The normalized spacial score (nSPS) is 12.2. The number of rotatable bonds is 11. The summed E-state index contributed by atoms with van der Waals surface area (Å²) in [6.45, 7) is 0. The first-order valence-corrected chi connectivity index (χ1v) is 16.1. The zero-order valence-corrected chi connectivity index (χ0v) is 27.7. The van der Waals surface area contributed by atoms with Crippen LogP contribution in [0.4, 0.5) is 0 Å². The number of carboxylic acid groups (broad SMARTS) is 5. The number of fused-ring (bicyclic) bond motifs is 3. The van der Waals surface area contributed by atoms with Crippen molar-refractivity contribution in [3.8, 4) is 34.1 Å². The number of carbonyl (C=O) groups is 5. The molecule has 1 aliphatic rings. The lowest BCUT2D eigenvalue weighted by atomic mass is 9.66. The van der Waals surface area contributed by atoms with Gasteiger partial charge in [0.2, 0.25) is 0 Å². The van der Waals surface area contributed by atoms with E-state index in [2.05, 4.69) is 0 Å². The molecule has 0 aliphatic heterocycles. The molecule has 1 aliphatic carbocycles. The van der Waals surface area contributed by atoms with Crippen LogP contribution < -0.4 is 9.47 Å². The maximum Gasteiger partial charge on any atom is 0.336 e. The van der Waals surface area contributed by atoms with Gasteiger partial charge in [-0.15, -0.1) is 0 Å². The molecule has 0 atom stereocenters. The number of hydrogen-bond acceptors (Lipinski definition) is 7. The van der Waals surface area contributed by atoms with Crippen molar-refractivity contribution >= 4 is 29.8 Å². The van der Waals surface area contributed by atoms with Gasteiger partial charge in [-0.2, -0.15) is 0 Å². The van der Waals surface area contributed by atoms with Gasteiger partial charge in [0.05, 0.1) is 33.2 Å². The van der Waals surface area contributed by atoms with Crippen LogP contribution in [0.1, 0.15) is 74.0 Å². The lowest BCUT2D eigenvalue weighted by Crippen LogP contribution is -2.30. The standard InChI is InChI=1S/C42H26O12/c43-37(44)30-18-16-26(20-33(30)40(49)50)53-24-12-8-22(9-13-24)42(35-7-2-1-4-28(35)29-5-3-6-32(36(29)42)39(47)48)23-10-14-25(15-11-23)54-27-17-19-31(38(45)46)34(21-27)41(51)52/h1-21H,(H,43,44)(H,45,46)(H,47,48)(H,49,50)(H,51,52). The summed E-state index contributed by atoms with van der Waals surface area (Å²) in [6.07, 6.45) is 0. The third-order valence-corrected chi connectivity index (χ3v) is 9.24. The SMILES string of the molecule is O=C(O)c1ccc(Oc2ccc(C3(c4ccc(Oc5ccc(C(=O)O)c(C(=O)O)c5)cc4)c4ccccc4-c4cccc(C(=O)O)c43)cc2)cc1C(=O)O. The third kappa shape index (κ3) is 5.83. The molecule has 0 radical (unpaired) electrons. The van der Waals surface area contributed by atoms with E-state index in [0.29, 0.717) is 33.8 Å². The fourth-order valence-electron chi connectivity index (χ4n) is 7.02. The monoisotopic (exact) mass is 722 g/mol. The summed E-state index contributed by atoms with van der Waals surface area (Å²) in [4.78, 5) is 59.4. The van der Waals surface area contributed by atoms with E-state index in [9.17, 15) is 49.5 Å². The van der Waals surface area contributed by atoms with Gasteiger partial charge in [-0.25, -0.2) is 24.0 Å². The van der Waals surface area contributed by atoms with Gasteiger partial charge < -0.3 is 35.0 Å². The Kier molecular flexibility index (Phi) is 8.63. The van der Waals surface area contributed by atoms with E-state index < -0.39 is 57.5 Å². The molecule has 12 heteroatoms. The molecule has 0 spiro atoms. The summed E-state index contributed by atoms with van der Waals surface area (Å²) < 4.78 is 11.9. The second kappa shape index (κ2) is 13.4. The predicted molar refractivity (Wildman–Crippen MR) is 192 cm³/mol. The molecule has 7 rings (SSSR count). The number of aromatic carboxylic acids is 5. The Labute approximate surface area is 305 Å². The summed E-state index contributed by atoms with van der Waals surface area (Å²) >= 11 is 0. The molecular formula is C42H26O12.